The van der Waals surface area contributed by atoms with Crippen molar-refractivity contribution in [2.24, 2.45) is 5.92 Å². The number of rotatable bonds is 5. The summed E-state index contributed by atoms with van der Waals surface area (Å²) >= 11 is 5.99. The predicted molar refractivity (Wildman–Crippen MR) is 109 cm³/mol. The molecule has 0 atom stereocenters. The van der Waals surface area contributed by atoms with Crippen LogP contribution in [-0.4, -0.2) is 36.3 Å². The summed E-state index contributed by atoms with van der Waals surface area (Å²) in [4.78, 5) is 26.7. The Balaban J connectivity index is 1.45. The van der Waals surface area contributed by atoms with Gasteiger partial charge in [0.2, 0.25) is 11.8 Å². The van der Waals surface area contributed by atoms with E-state index in [2.05, 4.69) is 10.6 Å². The molecule has 0 bridgehead atoms. The normalized spacial score (nSPS) is 14.9. The number of hydrogen-bond acceptors (Lipinski definition) is 4. The lowest BCUT2D eigenvalue weighted by Gasteiger charge is -2.30. The standard InChI is InChI=1S/C21H21ClN4O2/c22-19-12-18(7-6-16(19)13-23)24-20(27)14-26-10-8-15(9-11-26)21(28)25-17-4-2-1-3-5-17/h1-7,12,15H,8-11,14H2,(H,24,27)(H,25,28). The van der Waals surface area contributed by atoms with Gasteiger partial charge in [-0.25, -0.2) is 0 Å². The molecule has 7 heteroatoms. The number of carbonyl (C=O) groups excluding carboxylic acids is 2. The monoisotopic (exact) mass is 396 g/mol. The zero-order chi connectivity index (χ0) is 19.9. The average Bonchev–Trinajstić information content (AvgIpc) is 2.69. The van der Waals surface area contributed by atoms with E-state index in [1.54, 1.807) is 18.2 Å². The van der Waals surface area contributed by atoms with Crippen LogP contribution in [0.1, 0.15) is 18.4 Å². The van der Waals surface area contributed by atoms with Gasteiger partial charge in [0.15, 0.2) is 0 Å². The van der Waals surface area contributed by atoms with Crippen LogP contribution < -0.4 is 10.6 Å². The fraction of sp³-hybridized carbons (Fsp3) is 0.286. The second kappa shape index (κ2) is 9.36. The molecule has 0 unspecified atom stereocenters. The molecule has 1 aliphatic heterocycles. The Kier molecular flexibility index (Phi) is 6.64. The molecule has 1 saturated heterocycles. The van der Waals surface area contributed by atoms with Gasteiger partial charge in [-0.3, -0.25) is 14.5 Å². The number of hydrogen-bond donors (Lipinski definition) is 2. The SMILES string of the molecule is N#Cc1ccc(NC(=O)CN2CCC(C(=O)Nc3ccccc3)CC2)cc1Cl. The van der Waals surface area contributed by atoms with Gasteiger partial charge in [0, 0.05) is 17.3 Å². The lowest BCUT2D eigenvalue weighted by Crippen LogP contribution is -2.41. The number of anilines is 2. The van der Waals surface area contributed by atoms with Gasteiger partial charge in [0.25, 0.3) is 0 Å². The number of carbonyl (C=O) groups is 2. The van der Waals surface area contributed by atoms with E-state index in [0.717, 1.165) is 5.69 Å². The largest absolute Gasteiger partial charge is 0.326 e. The molecule has 0 aromatic heterocycles. The minimum atomic E-state index is -0.145. The minimum absolute atomic E-state index is 0.0301. The Morgan fingerprint density at radius 2 is 1.79 bits per heavy atom. The maximum Gasteiger partial charge on any atom is 0.238 e. The van der Waals surface area contributed by atoms with Crippen LogP contribution in [0.3, 0.4) is 0 Å². The average molecular weight is 397 g/mol. The van der Waals surface area contributed by atoms with E-state index in [4.69, 9.17) is 16.9 Å². The maximum absolute atomic E-state index is 12.4. The van der Waals surface area contributed by atoms with Crippen LogP contribution in [0.2, 0.25) is 5.02 Å². The molecular formula is C21H21ClN4O2. The molecule has 6 nitrogen and oxygen atoms in total. The van der Waals surface area contributed by atoms with Gasteiger partial charge in [-0.05, 0) is 56.3 Å². The van der Waals surface area contributed by atoms with Gasteiger partial charge in [-0.15, -0.1) is 0 Å². The van der Waals surface area contributed by atoms with E-state index in [9.17, 15) is 9.59 Å². The quantitative estimate of drug-likeness (QED) is 0.809. The molecule has 1 fully saturated rings. The van der Waals surface area contributed by atoms with Gasteiger partial charge in [-0.2, -0.15) is 5.26 Å². The van der Waals surface area contributed by atoms with Crippen molar-refractivity contribution in [2.45, 2.75) is 12.8 Å². The third-order valence-corrected chi connectivity index (χ3v) is 5.05. The summed E-state index contributed by atoms with van der Waals surface area (Å²) in [7, 11) is 0. The summed E-state index contributed by atoms with van der Waals surface area (Å²) in [6, 6.07) is 16.2. The Morgan fingerprint density at radius 3 is 2.43 bits per heavy atom. The Labute approximate surface area is 169 Å². The molecule has 28 heavy (non-hydrogen) atoms. The molecule has 2 aromatic carbocycles. The van der Waals surface area contributed by atoms with Crippen molar-refractivity contribution in [1.29, 1.82) is 5.26 Å². The summed E-state index contributed by atoms with van der Waals surface area (Å²) in [5.74, 6) is -0.160. The van der Waals surface area contributed by atoms with Crippen molar-refractivity contribution < 1.29 is 9.59 Å². The molecule has 3 rings (SSSR count). The summed E-state index contributed by atoms with van der Waals surface area (Å²) in [5.41, 5.74) is 1.73. The second-order valence-electron chi connectivity index (χ2n) is 6.76. The zero-order valence-corrected chi connectivity index (χ0v) is 16.1. The zero-order valence-electron chi connectivity index (χ0n) is 15.3. The van der Waals surface area contributed by atoms with E-state index in [1.807, 2.05) is 41.3 Å². The number of para-hydroxylation sites is 1. The lowest BCUT2D eigenvalue weighted by molar-refractivity contribution is -0.121. The van der Waals surface area contributed by atoms with Crippen LogP contribution in [-0.2, 0) is 9.59 Å². The molecule has 144 valence electrons. The van der Waals surface area contributed by atoms with E-state index in [0.29, 0.717) is 42.2 Å². The Hall–Kier alpha value is -2.88. The van der Waals surface area contributed by atoms with Crippen LogP contribution in [0.15, 0.2) is 48.5 Å². The number of benzene rings is 2. The summed E-state index contributed by atoms with van der Waals surface area (Å²) < 4.78 is 0. The first-order chi connectivity index (χ1) is 13.5. The van der Waals surface area contributed by atoms with Gasteiger partial charge in [0.1, 0.15) is 6.07 Å². The van der Waals surface area contributed by atoms with Crippen molar-refractivity contribution in [2.75, 3.05) is 30.3 Å². The highest BCUT2D eigenvalue weighted by atomic mass is 35.5. The van der Waals surface area contributed by atoms with Crippen LogP contribution in [0.25, 0.3) is 0 Å². The summed E-state index contributed by atoms with van der Waals surface area (Å²) in [6.45, 7) is 1.63. The number of nitrogens with zero attached hydrogens (tertiary/aromatic N) is 2. The number of amides is 2. The summed E-state index contributed by atoms with van der Waals surface area (Å²) in [5, 5.41) is 14.9. The minimum Gasteiger partial charge on any atom is -0.326 e. The van der Waals surface area contributed by atoms with E-state index in [1.165, 1.54) is 0 Å². The molecule has 0 saturated carbocycles. The smallest absolute Gasteiger partial charge is 0.238 e. The van der Waals surface area contributed by atoms with Crippen LogP contribution in [0.5, 0.6) is 0 Å². The van der Waals surface area contributed by atoms with Crippen molar-refractivity contribution in [3.8, 4) is 6.07 Å². The molecule has 2 N–H and O–H groups in total. The molecule has 0 spiro atoms. The lowest BCUT2D eigenvalue weighted by atomic mass is 9.96. The molecule has 1 heterocycles. The van der Waals surface area contributed by atoms with Crippen LogP contribution in [0, 0.1) is 17.2 Å². The number of halogens is 1. The fourth-order valence-electron chi connectivity index (χ4n) is 3.21. The Bertz CT molecular complexity index is 887. The molecule has 0 radical (unpaired) electrons. The first kappa shape index (κ1) is 19.9. The predicted octanol–water partition coefficient (Wildman–Crippen LogP) is 3.50. The topological polar surface area (TPSA) is 85.2 Å². The molecule has 2 aromatic rings. The third kappa shape index (κ3) is 5.32. The molecular weight excluding hydrogens is 376 g/mol. The highest BCUT2D eigenvalue weighted by Gasteiger charge is 2.26. The number of nitrogens with one attached hydrogen (secondary N) is 2. The van der Waals surface area contributed by atoms with E-state index < -0.39 is 0 Å². The van der Waals surface area contributed by atoms with Gasteiger partial charge in [0.05, 0.1) is 17.1 Å². The van der Waals surface area contributed by atoms with Crippen molar-refractivity contribution in [3.05, 3.63) is 59.1 Å². The summed E-state index contributed by atoms with van der Waals surface area (Å²) in [6.07, 6.45) is 1.43. The van der Waals surface area contributed by atoms with E-state index >= 15 is 0 Å². The van der Waals surface area contributed by atoms with Crippen molar-refractivity contribution in [3.63, 3.8) is 0 Å². The maximum atomic E-state index is 12.4. The number of nitriles is 1. The fourth-order valence-corrected chi connectivity index (χ4v) is 3.43. The molecule has 0 aliphatic carbocycles. The van der Waals surface area contributed by atoms with E-state index in [-0.39, 0.29) is 24.3 Å². The van der Waals surface area contributed by atoms with Gasteiger partial charge >= 0.3 is 0 Å². The van der Waals surface area contributed by atoms with Gasteiger partial charge in [-0.1, -0.05) is 29.8 Å². The third-order valence-electron chi connectivity index (χ3n) is 4.74. The first-order valence-electron chi connectivity index (χ1n) is 9.13. The Morgan fingerprint density at radius 1 is 1.07 bits per heavy atom. The van der Waals surface area contributed by atoms with Gasteiger partial charge < -0.3 is 10.6 Å². The second-order valence-corrected chi connectivity index (χ2v) is 7.17. The van der Waals surface area contributed by atoms with Crippen molar-refractivity contribution in [1.82, 2.24) is 4.90 Å². The molecule has 2 amide bonds. The highest BCUT2D eigenvalue weighted by Crippen LogP contribution is 2.21. The number of likely N-dealkylation sites (tertiary alicyclic amines) is 1. The van der Waals surface area contributed by atoms with Crippen LogP contribution >= 0.6 is 11.6 Å². The first-order valence-corrected chi connectivity index (χ1v) is 9.50. The number of piperidine rings is 1. The highest BCUT2D eigenvalue weighted by molar-refractivity contribution is 6.32. The van der Waals surface area contributed by atoms with Crippen LogP contribution in [0.4, 0.5) is 11.4 Å². The molecule has 1 aliphatic rings. The van der Waals surface area contributed by atoms with Crippen molar-refractivity contribution >= 4 is 34.8 Å².